The molecule has 1 aromatic heterocycles. The first-order valence-electron chi connectivity index (χ1n) is 3.52. The fraction of sp³-hybridized carbons (Fsp3) is 0.111. The fourth-order valence-electron chi connectivity index (χ4n) is 1.20. The third kappa shape index (κ3) is 1.26. The van der Waals surface area contributed by atoms with Crippen molar-refractivity contribution in [3.05, 3.63) is 31.7 Å². The summed E-state index contributed by atoms with van der Waals surface area (Å²) in [7, 11) is 0. The molecule has 0 aliphatic rings. The first kappa shape index (κ1) is 8.78. The van der Waals surface area contributed by atoms with E-state index in [1.54, 1.807) is 11.3 Å². The van der Waals surface area contributed by atoms with Crippen LogP contribution in [-0.2, 0) is 0 Å². The van der Waals surface area contributed by atoms with E-state index in [2.05, 4.69) is 41.0 Å². The maximum atomic E-state index is 6.08. The summed E-state index contributed by atoms with van der Waals surface area (Å²) in [5.41, 5.74) is 1.26. The molecule has 2 aromatic rings. The summed E-state index contributed by atoms with van der Waals surface area (Å²) in [5, 5.41) is 4.24. The highest BCUT2D eigenvalue weighted by molar-refractivity contribution is 14.1. The van der Waals surface area contributed by atoms with Crippen molar-refractivity contribution in [3.8, 4) is 0 Å². The summed E-state index contributed by atoms with van der Waals surface area (Å²) in [6, 6.07) is 4.16. The molecule has 2 rings (SSSR count). The van der Waals surface area contributed by atoms with Gasteiger partial charge in [-0.15, -0.1) is 11.3 Å². The Hall–Kier alpha value is 0.200. The molecule has 0 saturated carbocycles. The Labute approximate surface area is 93.7 Å². The lowest BCUT2D eigenvalue weighted by Gasteiger charge is -2.01. The molecule has 0 fully saturated rings. The Morgan fingerprint density at radius 3 is 3.00 bits per heavy atom. The smallest absolute Gasteiger partial charge is 0.0587 e. The monoisotopic (exact) mass is 308 g/mol. The second-order valence-electron chi connectivity index (χ2n) is 2.65. The summed E-state index contributed by atoms with van der Waals surface area (Å²) >= 11 is 10.1. The van der Waals surface area contributed by atoms with Crippen molar-refractivity contribution < 1.29 is 0 Å². The second kappa shape index (κ2) is 3.16. The van der Waals surface area contributed by atoms with Gasteiger partial charge in [0.25, 0.3) is 0 Å². The minimum atomic E-state index is 0.873. The molecule has 0 bridgehead atoms. The lowest BCUT2D eigenvalue weighted by Crippen LogP contribution is -1.80. The molecule has 0 aliphatic heterocycles. The van der Waals surface area contributed by atoms with E-state index >= 15 is 0 Å². The van der Waals surface area contributed by atoms with Gasteiger partial charge in [-0.25, -0.2) is 0 Å². The Bertz CT molecular complexity index is 433. The van der Waals surface area contributed by atoms with E-state index in [-0.39, 0.29) is 0 Å². The van der Waals surface area contributed by atoms with E-state index in [0.717, 1.165) is 5.02 Å². The van der Waals surface area contributed by atoms with Gasteiger partial charge in [-0.2, -0.15) is 0 Å². The third-order valence-corrected chi connectivity index (χ3v) is 4.60. The number of benzene rings is 1. The lowest BCUT2D eigenvalue weighted by atomic mass is 10.2. The van der Waals surface area contributed by atoms with E-state index in [1.165, 1.54) is 19.2 Å². The normalized spacial score (nSPS) is 10.9. The lowest BCUT2D eigenvalue weighted by molar-refractivity contribution is 1.47. The molecule has 3 heteroatoms. The first-order chi connectivity index (χ1) is 5.70. The van der Waals surface area contributed by atoms with Crippen molar-refractivity contribution in [1.82, 2.24) is 0 Å². The van der Waals surface area contributed by atoms with Crippen LogP contribution in [0.2, 0.25) is 5.02 Å². The molecule has 0 aliphatic carbocycles. The first-order valence-corrected chi connectivity index (χ1v) is 5.85. The molecule has 0 nitrogen and oxygen atoms in total. The summed E-state index contributed by atoms with van der Waals surface area (Å²) in [4.78, 5) is 0. The van der Waals surface area contributed by atoms with Crippen LogP contribution in [0.3, 0.4) is 0 Å². The molecule has 1 aromatic carbocycles. The van der Waals surface area contributed by atoms with E-state index in [1.807, 2.05) is 6.07 Å². The van der Waals surface area contributed by atoms with E-state index in [9.17, 15) is 0 Å². The largest absolute Gasteiger partial charge is 0.142 e. The van der Waals surface area contributed by atoms with Gasteiger partial charge in [0.1, 0.15) is 0 Å². The van der Waals surface area contributed by atoms with Gasteiger partial charge in [0, 0.05) is 8.96 Å². The van der Waals surface area contributed by atoms with Crippen molar-refractivity contribution in [1.29, 1.82) is 0 Å². The third-order valence-electron chi connectivity index (χ3n) is 1.81. The quantitative estimate of drug-likeness (QED) is 0.630. The van der Waals surface area contributed by atoms with Crippen molar-refractivity contribution in [3.63, 3.8) is 0 Å². The number of halogens is 2. The SMILES string of the molecule is Cc1cc(Cl)c2sccc2c1I. The molecule has 0 unspecified atom stereocenters. The van der Waals surface area contributed by atoms with Gasteiger partial charge in [-0.1, -0.05) is 11.6 Å². The van der Waals surface area contributed by atoms with Crippen LogP contribution in [0.4, 0.5) is 0 Å². The van der Waals surface area contributed by atoms with Gasteiger partial charge in [0.05, 0.1) is 9.72 Å². The average molecular weight is 309 g/mol. The molecule has 62 valence electrons. The van der Waals surface area contributed by atoms with Gasteiger partial charge >= 0.3 is 0 Å². The number of aryl methyl sites for hydroxylation is 1. The maximum absolute atomic E-state index is 6.08. The van der Waals surface area contributed by atoms with Crippen LogP contribution in [0.5, 0.6) is 0 Å². The minimum absolute atomic E-state index is 0.873. The van der Waals surface area contributed by atoms with Crippen LogP contribution >= 0.6 is 45.5 Å². The van der Waals surface area contributed by atoms with Crippen LogP contribution in [0, 0.1) is 10.5 Å². The predicted molar refractivity (Wildman–Crippen MR) is 64.3 cm³/mol. The van der Waals surface area contributed by atoms with Gasteiger partial charge in [-0.3, -0.25) is 0 Å². The molecule has 0 saturated heterocycles. The molecular weight excluding hydrogens is 303 g/mol. The number of thiophene rings is 1. The van der Waals surface area contributed by atoms with Crippen LogP contribution in [0.15, 0.2) is 17.5 Å². The zero-order chi connectivity index (χ0) is 8.72. The van der Waals surface area contributed by atoms with Crippen molar-refractivity contribution in [2.45, 2.75) is 6.92 Å². The topological polar surface area (TPSA) is 0 Å². The summed E-state index contributed by atoms with van der Waals surface area (Å²) in [6.07, 6.45) is 0. The highest BCUT2D eigenvalue weighted by Gasteiger charge is 2.06. The average Bonchev–Trinajstić information content (AvgIpc) is 2.48. The van der Waals surface area contributed by atoms with Crippen molar-refractivity contribution >= 4 is 55.6 Å². The number of rotatable bonds is 0. The van der Waals surface area contributed by atoms with Crippen molar-refractivity contribution in [2.75, 3.05) is 0 Å². The highest BCUT2D eigenvalue weighted by Crippen LogP contribution is 2.33. The van der Waals surface area contributed by atoms with E-state index < -0.39 is 0 Å². The number of hydrogen-bond donors (Lipinski definition) is 0. The molecule has 0 radical (unpaired) electrons. The second-order valence-corrected chi connectivity index (χ2v) is 5.05. The van der Waals surface area contributed by atoms with Gasteiger partial charge < -0.3 is 0 Å². The Morgan fingerprint density at radius 1 is 1.50 bits per heavy atom. The molecular formula is C9H6ClIS. The minimum Gasteiger partial charge on any atom is -0.142 e. The van der Waals surface area contributed by atoms with Crippen LogP contribution < -0.4 is 0 Å². The summed E-state index contributed by atoms with van der Waals surface area (Å²) in [6.45, 7) is 2.09. The number of hydrogen-bond acceptors (Lipinski definition) is 1. The Kier molecular flexibility index (Phi) is 2.31. The Morgan fingerprint density at radius 2 is 2.25 bits per heavy atom. The van der Waals surface area contributed by atoms with Gasteiger partial charge in [0.15, 0.2) is 0 Å². The summed E-state index contributed by atoms with van der Waals surface area (Å²) in [5.74, 6) is 0. The standard InChI is InChI=1S/C9H6ClIS/c1-5-4-7(10)9-6(8(5)11)2-3-12-9/h2-4H,1H3. The molecule has 0 N–H and O–H groups in total. The fourth-order valence-corrected chi connectivity index (χ4v) is 3.19. The number of fused-ring (bicyclic) bond motifs is 1. The maximum Gasteiger partial charge on any atom is 0.0587 e. The molecule has 1 heterocycles. The van der Waals surface area contributed by atoms with Gasteiger partial charge in [0.2, 0.25) is 0 Å². The zero-order valence-corrected chi connectivity index (χ0v) is 10.1. The Balaban J connectivity index is 2.97. The highest BCUT2D eigenvalue weighted by atomic mass is 127. The zero-order valence-electron chi connectivity index (χ0n) is 6.40. The molecule has 12 heavy (non-hydrogen) atoms. The van der Waals surface area contributed by atoms with Crippen LogP contribution in [0.25, 0.3) is 10.1 Å². The van der Waals surface area contributed by atoms with Crippen LogP contribution in [-0.4, -0.2) is 0 Å². The molecule has 0 spiro atoms. The van der Waals surface area contributed by atoms with Crippen molar-refractivity contribution in [2.24, 2.45) is 0 Å². The van der Waals surface area contributed by atoms with Gasteiger partial charge in [-0.05, 0) is 52.6 Å². The molecule has 0 atom stereocenters. The van der Waals surface area contributed by atoms with Crippen LogP contribution in [0.1, 0.15) is 5.56 Å². The summed E-state index contributed by atoms with van der Waals surface area (Å²) < 4.78 is 2.51. The molecule has 0 amide bonds. The predicted octanol–water partition coefficient (Wildman–Crippen LogP) is 4.47. The van der Waals surface area contributed by atoms with E-state index in [4.69, 9.17) is 11.6 Å². The van der Waals surface area contributed by atoms with E-state index in [0.29, 0.717) is 0 Å².